The highest BCUT2D eigenvalue weighted by Gasteiger charge is 2.18. The number of nitrogens with zero attached hydrogens (tertiary/aromatic N) is 2. The second kappa shape index (κ2) is 5.89. The van der Waals surface area contributed by atoms with Crippen molar-refractivity contribution in [2.24, 2.45) is 7.05 Å². The standard InChI is InChI=1S/C14H15ClF2N2O/c1-3-11-14(15)12(19(2)18-11)7-13(20)8-4-5-9(16)10(17)6-8/h4-6,13,20H,3,7H2,1-2H3. The van der Waals surface area contributed by atoms with Crippen molar-refractivity contribution >= 4 is 11.6 Å². The number of rotatable bonds is 4. The molecule has 1 N–H and O–H groups in total. The van der Waals surface area contributed by atoms with Crippen LogP contribution in [-0.4, -0.2) is 14.9 Å². The molecule has 0 bridgehead atoms. The predicted molar refractivity (Wildman–Crippen MR) is 72.6 cm³/mol. The third-order valence-electron chi connectivity index (χ3n) is 3.22. The molecule has 0 aliphatic carbocycles. The van der Waals surface area contributed by atoms with Crippen LogP contribution in [-0.2, 0) is 19.9 Å². The molecule has 0 aliphatic heterocycles. The topological polar surface area (TPSA) is 38.0 Å². The molecule has 0 aliphatic rings. The number of aromatic nitrogens is 2. The van der Waals surface area contributed by atoms with E-state index < -0.39 is 17.7 Å². The van der Waals surface area contributed by atoms with Gasteiger partial charge >= 0.3 is 0 Å². The number of hydrogen-bond donors (Lipinski definition) is 1. The van der Waals surface area contributed by atoms with Crippen LogP contribution in [0.15, 0.2) is 18.2 Å². The van der Waals surface area contributed by atoms with Gasteiger partial charge in [0.2, 0.25) is 0 Å². The summed E-state index contributed by atoms with van der Waals surface area (Å²) in [6, 6.07) is 3.34. The van der Waals surface area contributed by atoms with E-state index in [4.69, 9.17) is 11.6 Å². The van der Waals surface area contributed by atoms with Crippen molar-refractivity contribution in [1.29, 1.82) is 0 Å². The van der Waals surface area contributed by atoms with E-state index in [1.165, 1.54) is 6.07 Å². The van der Waals surface area contributed by atoms with Crippen LogP contribution < -0.4 is 0 Å². The van der Waals surface area contributed by atoms with Crippen molar-refractivity contribution in [1.82, 2.24) is 9.78 Å². The largest absolute Gasteiger partial charge is 0.388 e. The Morgan fingerprint density at radius 2 is 2.05 bits per heavy atom. The molecule has 0 saturated heterocycles. The molecule has 2 rings (SSSR count). The number of hydrogen-bond acceptors (Lipinski definition) is 2. The number of aryl methyl sites for hydroxylation is 2. The van der Waals surface area contributed by atoms with Gasteiger partial charge in [0, 0.05) is 13.5 Å². The molecule has 0 radical (unpaired) electrons. The van der Waals surface area contributed by atoms with Gasteiger partial charge in [-0.15, -0.1) is 0 Å². The zero-order valence-electron chi connectivity index (χ0n) is 11.2. The molecule has 0 saturated carbocycles. The molecule has 2 aromatic rings. The monoisotopic (exact) mass is 300 g/mol. The summed E-state index contributed by atoms with van der Waals surface area (Å²) >= 11 is 6.19. The summed E-state index contributed by atoms with van der Waals surface area (Å²) in [5.41, 5.74) is 1.72. The van der Waals surface area contributed by atoms with E-state index in [2.05, 4.69) is 5.10 Å². The average molecular weight is 301 g/mol. The maximum Gasteiger partial charge on any atom is 0.159 e. The zero-order chi connectivity index (χ0) is 14.9. The van der Waals surface area contributed by atoms with E-state index in [0.29, 0.717) is 22.7 Å². The fourth-order valence-electron chi connectivity index (χ4n) is 2.06. The maximum absolute atomic E-state index is 13.2. The molecule has 6 heteroatoms. The van der Waals surface area contributed by atoms with Gasteiger partial charge in [0.05, 0.1) is 22.5 Å². The van der Waals surface area contributed by atoms with Crippen LogP contribution in [0, 0.1) is 11.6 Å². The Morgan fingerprint density at radius 3 is 2.60 bits per heavy atom. The first-order valence-electron chi connectivity index (χ1n) is 6.27. The summed E-state index contributed by atoms with van der Waals surface area (Å²) in [6.45, 7) is 1.93. The minimum absolute atomic E-state index is 0.188. The third-order valence-corrected chi connectivity index (χ3v) is 3.65. The highest BCUT2D eigenvalue weighted by atomic mass is 35.5. The van der Waals surface area contributed by atoms with E-state index in [9.17, 15) is 13.9 Å². The lowest BCUT2D eigenvalue weighted by Crippen LogP contribution is -2.07. The van der Waals surface area contributed by atoms with Crippen LogP contribution in [0.2, 0.25) is 5.02 Å². The van der Waals surface area contributed by atoms with Crippen molar-refractivity contribution in [3.63, 3.8) is 0 Å². The fourth-order valence-corrected chi connectivity index (χ4v) is 2.43. The smallest absolute Gasteiger partial charge is 0.159 e. The second-order valence-corrected chi connectivity index (χ2v) is 4.96. The third kappa shape index (κ3) is 2.83. The van der Waals surface area contributed by atoms with Crippen LogP contribution in [0.5, 0.6) is 0 Å². The number of aliphatic hydroxyl groups excluding tert-OH is 1. The van der Waals surface area contributed by atoms with Gasteiger partial charge in [-0.2, -0.15) is 5.10 Å². The lowest BCUT2D eigenvalue weighted by molar-refractivity contribution is 0.175. The minimum Gasteiger partial charge on any atom is -0.388 e. The highest BCUT2D eigenvalue weighted by Crippen LogP contribution is 2.26. The average Bonchev–Trinajstić information content (AvgIpc) is 2.69. The molecule has 1 aromatic heterocycles. The second-order valence-electron chi connectivity index (χ2n) is 4.58. The van der Waals surface area contributed by atoms with Gasteiger partial charge in [-0.1, -0.05) is 24.6 Å². The molecule has 1 unspecified atom stereocenters. The molecule has 1 atom stereocenters. The van der Waals surface area contributed by atoms with Crippen molar-refractivity contribution in [3.8, 4) is 0 Å². The first-order valence-corrected chi connectivity index (χ1v) is 6.65. The van der Waals surface area contributed by atoms with Crippen molar-refractivity contribution in [2.45, 2.75) is 25.9 Å². The maximum atomic E-state index is 13.2. The Morgan fingerprint density at radius 1 is 1.35 bits per heavy atom. The molecular weight excluding hydrogens is 286 g/mol. The quantitative estimate of drug-likeness (QED) is 0.941. The molecule has 3 nitrogen and oxygen atoms in total. The van der Waals surface area contributed by atoms with Crippen LogP contribution in [0.4, 0.5) is 8.78 Å². The Bertz CT molecular complexity index is 628. The Labute approximate surface area is 120 Å². The van der Waals surface area contributed by atoms with Gasteiger partial charge in [-0.05, 0) is 24.1 Å². The molecule has 1 heterocycles. The van der Waals surface area contributed by atoms with E-state index in [1.54, 1.807) is 11.7 Å². The normalized spacial score (nSPS) is 12.7. The van der Waals surface area contributed by atoms with Gasteiger partial charge in [-0.25, -0.2) is 8.78 Å². The van der Waals surface area contributed by atoms with Crippen molar-refractivity contribution < 1.29 is 13.9 Å². The predicted octanol–water partition coefficient (Wildman–Crippen LogP) is 3.19. The Kier molecular flexibility index (Phi) is 4.40. The molecule has 0 spiro atoms. The summed E-state index contributed by atoms with van der Waals surface area (Å²) in [7, 11) is 1.73. The first kappa shape index (κ1) is 14.9. The van der Waals surface area contributed by atoms with E-state index >= 15 is 0 Å². The molecule has 1 aromatic carbocycles. The molecule has 108 valence electrons. The number of halogens is 3. The summed E-state index contributed by atoms with van der Waals surface area (Å²) < 4.78 is 27.6. The Hall–Kier alpha value is -1.46. The van der Waals surface area contributed by atoms with Crippen molar-refractivity contribution in [3.05, 3.63) is 51.8 Å². The van der Waals surface area contributed by atoms with Gasteiger partial charge in [0.15, 0.2) is 11.6 Å². The van der Waals surface area contributed by atoms with E-state index in [-0.39, 0.29) is 6.42 Å². The van der Waals surface area contributed by atoms with Gasteiger partial charge in [-0.3, -0.25) is 4.68 Å². The lowest BCUT2D eigenvalue weighted by atomic mass is 10.0. The minimum atomic E-state index is -0.980. The summed E-state index contributed by atoms with van der Waals surface area (Å²) in [5, 5.41) is 14.9. The molecule has 0 fully saturated rings. The highest BCUT2D eigenvalue weighted by molar-refractivity contribution is 6.31. The molecular formula is C14H15ClF2N2O. The fraction of sp³-hybridized carbons (Fsp3) is 0.357. The summed E-state index contributed by atoms with van der Waals surface area (Å²) in [4.78, 5) is 0. The van der Waals surface area contributed by atoms with Crippen LogP contribution in [0.25, 0.3) is 0 Å². The van der Waals surface area contributed by atoms with Crippen LogP contribution in [0.3, 0.4) is 0 Å². The van der Waals surface area contributed by atoms with Gasteiger partial charge in [0.25, 0.3) is 0 Å². The van der Waals surface area contributed by atoms with Crippen LogP contribution >= 0.6 is 11.6 Å². The SMILES string of the molecule is CCc1nn(C)c(CC(O)c2ccc(F)c(F)c2)c1Cl. The first-order chi connectivity index (χ1) is 9.43. The number of benzene rings is 1. The van der Waals surface area contributed by atoms with Gasteiger partial charge in [0.1, 0.15) is 0 Å². The lowest BCUT2D eigenvalue weighted by Gasteiger charge is -2.12. The van der Waals surface area contributed by atoms with E-state index in [0.717, 1.165) is 17.8 Å². The summed E-state index contributed by atoms with van der Waals surface area (Å²) in [5.74, 6) is -1.92. The van der Waals surface area contributed by atoms with E-state index in [1.807, 2.05) is 6.92 Å². The Balaban J connectivity index is 2.25. The molecule has 20 heavy (non-hydrogen) atoms. The van der Waals surface area contributed by atoms with Crippen LogP contribution in [0.1, 0.15) is 30.0 Å². The van der Waals surface area contributed by atoms with Gasteiger partial charge < -0.3 is 5.11 Å². The number of aliphatic hydroxyl groups is 1. The van der Waals surface area contributed by atoms with Crippen molar-refractivity contribution in [2.75, 3.05) is 0 Å². The molecule has 0 amide bonds. The zero-order valence-corrected chi connectivity index (χ0v) is 12.0. The summed E-state index contributed by atoms with van der Waals surface area (Å²) in [6.07, 6.45) is -0.0934.